The summed E-state index contributed by atoms with van der Waals surface area (Å²) in [5.41, 5.74) is 6.30. The minimum absolute atomic E-state index is 0.123. The summed E-state index contributed by atoms with van der Waals surface area (Å²) in [5, 5.41) is 2.67. The molecule has 0 radical (unpaired) electrons. The lowest BCUT2D eigenvalue weighted by molar-refractivity contribution is -0.121. The van der Waals surface area contributed by atoms with E-state index in [1.165, 1.54) is 6.07 Å². The van der Waals surface area contributed by atoms with Crippen molar-refractivity contribution in [3.63, 3.8) is 0 Å². The molecule has 0 heterocycles. The average Bonchev–Trinajstić information content (AvgIpc) is 2.42. The van der Waals surface area contributed by atoms with Crippen molar-refractivity contribution >= 4 is 23.1 Å². The maximum atomic E-state index is 13.7. The van der Waals surface area contributed by atoms with E-state index in [9.17, 15) is 9.18 Å². The Kier molecular flexibility index (Phi) is 7.11. The number of carbonyl (C=O) groups is 1. The van der Waals surface area contributed by atoms with E-state index in [0.717, 1.165) is 0 Å². The van der Waals surface area contributed by atoms with Crippen LogP contribution in [0.1, 0.15) is 30.9 Å². The number of amides is 1. The maximum Gasteiger partial charge on any atom is 0.220 e. The number of nitrogens with one attached hydrogen (secondary N) is 1. The Morgan fingerprint density at radius 1 is 1.50 bits per heavy atom. The molecule has 0 unspecified atom stereocenters. The first kappa shape index (κ1) is 16.5. The topological polar surface area (TPSA) is 64.3 Å². The number of carbonyl (C=O) groups excluding carboxylic acids is 1. The zero-order valence-corrected chi connectivity index (χ0v) is 12.3. The molecule has 0 saturated heterocycles. The Hall–Kier alpha value is -1.53. The van der Waals surface area contributed by atoms with Crippen molar-refractivity contribution in [3.8, 4) is 0 Å². The zero-order valence-electron chi connectivity index (χ0n) is 11.4. The van der Waals surface area contributed by atoms with Crippen LogP contribution in [0, 0.1) is 5.82 Å². The van der Waals surface area contributed by atoms with Crippen molar-refractivity contribution in [1.82, 2.24) is 5.32 Å². The van der Waals surface area contributed by atoms with Gasteiger partial charge in [0.1, 0.15) is 10.8 Å². The maximum absolute atomic E-state index is 13.7. The number of hydrogen-bond donors (Lipinski definition) is 2. The fourth-order valence-electron chi connectivity index (χ4n) is 1.61. The Labute approximate surface area is 123 Å². The molecule has 20 heavy (non-hydrogen) atoms. The normalized spacial score (nSPS) is 10.3. The summed E-state index contributed by atoms with van der Waals surface area (Å²) in [6.07, 6.45) is 1.02. The largest absolute Gasteiger partial charge is 0.389 e. The molecule has 0 bridgehead atoms. The van der Waals surface area contributed by atoms with Gasteiger partial charge in [-0.3, -0.25) is 4.79 Å². The van der Waals surface area contributed by atoms with E-state index in [-0.39, 0.29) is 17.4 Å². The van der Waals surface area contributed by atoms with Crippen LogP contribution in [0.15, 0.2) is 18.2 Å². The van der Waals surface area contributed by atoms with E-state index < -0.39 is 5.82 Å². The summed E-state index contributed by atoms with van der Waals surface area (Å²) in [6, 6.07) is 4.49. The van der Waals surface area contributed by atoms with E-state index in [2.05, 4.69) is 5.32 Å². The second kappa shape index (κ2) is 8.60. The molecule has 0 aliphatic heterocycles. The van der Waals surface area contributed by atoms with Gasteiger partial charge in [0.15, 0.2) is 0 Å². The van der Waals surface area contributed by atoms with Crippen molar-refractivity contribution in [3.05, 3.63) is 35.1 Å². The van der Waals surface area contributed by atoms with E-state index in [1.807, 2.05) is 6.92 Å². The molecule has 1 amide bonds. The van der Waals surface area contributed by atoms with Crippen LogP contribution in [0.3, 0.4) is 0 Å². The molecule has 0 aliphatic carbocycles. The third-order valence-electron chi connectivity index (χ3n) is 2.71. The van der Waals surface area contributed by atoms with Gasteiger partial charge in [-0.1, -0.05) is 24.4 Å². The predicted octanol–water partition coefficient (Wildman–Crippen LogP) is 1.89. The molecule has 0 atom stereocenters. The van der Waals surface area contributed by atoms with Crippen molar-refractivity contribution in [1.29, 1.82) is 0 Å². The van der Waals surface area contributed by atoms with Crippen LogP contribution in [0.4, 0.5) is 4.39 Å². The van der Waals surface area contributed by atoms with Crippen LogP contribution in [0.5, 0.6) is 0 Å². The first-order chi connectivity index (χ1) is 9.54. The lowest BCUT2D eigenvalue weighted by atomic mass is 10.1. The molecule has 6 heteroatoms. The second-order valence-corrected chi connectivity index (χ2v) is 4.69. The van der Waals surface area contributed by atoms with Gasteiger partial charge in [-0.05, 0) is 19.4 Å². The highest BCUT2D eigenvalue weighted by atomic mass is 32.1. The molecule has 0 fully saturated rings. The lowest BCUT2D eigenvalue weighted by Gasteiger charge is -2.08. The van der Waals surface area contributed by atoms with Crippen molar-refractivity contribution in [2.45, 2.75) is 26.3 Å². The summed E-state index contributed by atoms with van der Waals surface area (Å²) in [6.45, 7) is 3.25. The van der Waals surface area contributed by atoms with Crippen LogP contribution >= 0.6 is 12.2 Å². The molecule has 4 nitrogen and oxygen atoms in total. The monoisotopic (exact) mass is 298 g/mol. The summed E-state index contributed by atoms with van der Waals surface area (Å²) in [7, 11) is 0. The van der Waals surface area contributed by atoms with E-state index in [4.69, 9.17) is 22.7 Å². The number of thiocarbonyl (C=S) groups is 1. The van der Waals surface area contributed by atoms with Crippen LogP contribution in [-0.2, 0) is 16.1 Å². The lowest BCUT2D eigenvalue weighted by Crippen LogP contribution is -2.23. The van der Waals surface area contributed by atoms with E-state index >= 15 is 0 Å². The first-order valence-electron chi connectivity index (χ1n) is 6.47. The Bertz CT molecular complexity index is 480. The van der Waals surface area contributed by atoms with Gasteiger partial charge in [0.05, 0.1) is 0 Å². The number of nitrogens with two attached hydrogens (primary N) is 1. The number of halogens is 1. The van der Waals surface area contributed by atoms with Crippen molar-refractivity contribution < 1.29 is 13.9 Å². The molecule has 1 aromatic carbocycles. The van der Waals surface area contributed by atoms with Crippen LogP contribution < -0.4 is 11.1 Å². The molecular formula is C14H19FN2O2S. The number of benzene rings is 1. The van der Waals surface area contributed by atoms with Gasteiger partial charge in [-0.15, -0.1) is 0 Å². The highest BCUT2D eigenvalue weighted by molar-refractivity contribution is 7.80. The molecule has 0 saturated carbocycles. The fraction of sp³-hybridized carbons (Fsp3) is 0.429. The number of hydrogen-bond acceptors (Lipinski definition) is 3. The smallest absolute Gasteiger partial charge is 0.220 e. The van der Waals surface area contributed by atoms with Gasteiger partial charge in [0, 0.05) is 37.3 Å². The number of ether oxygens (including phenoxy) is 1. The number of rotatable bonds is 8. The summed E-state index contributed by atoms with van der Waals surface area (Å²) in [5.74, 6) is -0.549. The average molecular weight is 298 g/mol. The molecule has 1 rings (SSSR count). The summed E-state index contributed by atoms with van der Waals surface area (Å²) < 4.78 is 18.9. The first-order valence-corrected chi connectivity index (χ1v) is 6.88. The van der Waals surface area contributed by atoms with Crippen molar-refractivity contribution in [2.24, 2.45) is 5.73 Å². The fourth-order valence-corrected chi connectivity index (χ4v) is 1.73. The Morgan fingerprint density at radius 3 is 2.85 bits per heavy atom. The van der Waals surface area contributed by atoms with Crippen LogP contribution in [0.2, 0.25) is 0 Å². The Balaban J connectivity index is 2.41. The molecular weight excluding hydrogens is 279 g/mol. The highest BCUT2D eigenvalue weighted by Crippen LogP contribution is 2.10. The molecule has 0 aliphatic rings. The third kappa shape index (κ3) is 5.63. The molecule has 0 spiro atoms. The van der Waals surface area contributed by atoms with E-state index in [0.29, 0.717) is 37.2 Å². The predicted molar refractivity (Wildman–Crippen MR) is 79.9 cm³/mol. The van der Waals surface area contributed by atoms with Crippen molar-refractivity contribution in [2.75, 3.05) is 13.2 Å². The highest BCUT2D eigenvalue weighted by Gasteiger charge is 2.07. The SMILES string of the molecule is CCOCCCC(=O)NCc1ccc(C(N)=S)cc1F. The minimum Gasteiger partial charge on any atom is -0.389 e. The van der Waals surface area contributed by atoms with Crippen LogP contribution in [0.25, 0.3) is 0 Å². The second-order valence-electron chi connectivity index (χ2n) is 4.25. The Morgan fingerprint density at radius 2 is 2.25 bits per heavy atom. The van der Waals surface area contributed by atoms with Gasteiger partial charge in [-0.25, -0.2) is 4.39 Å². The quantitative estimate of drug-likeness (QED) is 0.568. The van der Waals surface area contributed by atoms with Crippen LogP contribution in [-0.4, -0.2) is 24.1 Å². The van der Waals surface area contributed by atoms with E-state index in [1.54, 1.807) is 12.1 Å². The molecule has 3 N–H and O–H groups in total. The minimum atomic E-state index is -0.426. The van der Waals surface area contributed by atoms with Gasteiger partial charge in [-0.2, -0.15) is 0 Å². The molecule has 1 aromatic rings. The molecule has 0 aromatic heterocycles. The summed E-state index contributed by atoms with van der Waals surface area (Å²) in [4.78, 5) is 11.7. The third-order valence-corrected chi connectivity index (χ3v) is 2.95. The molecule has 110 valence electrons. The van der Waals surface area contributed by atoms with Gasteiger partial charge < -0.3 is 15.8 Å². The summed E-state index contributed by atoms with van der Waals surface area (Å²) >= 11 is 4.77. The van der Waals surface area contributed by atoms with Gasteiger partial charge in [0.25, 0.3) is 0 Å². The standard InChI is InChI=1S/C14H19FN2O2S/c1-2-19-7-3-4-13(18)17-9-11-6-5-10(14(16)20)8-12(11)15/h5-6,8H,2-4,7,9H2,1H3,(H2,16,20)(H,17,18). The zero-order chi connectivity index (χ0) is 15.0. The van der Waals surface area contributed by atoms with Gasteiger partial charge in [0.2, 0.25) is 5.91 Å². The van der Waals surface area contributed by atoms with Gasteiger partial charge >= 0.3 is 0 Å².